The molecule has 1 aliphatic rings. The fourth-order valence-corrected chi connectivity index (χ4v) is 12.0. The molecular weight excluding hydrogens is 827 g/mol. The molecule has 0 amide bonds. The molecule has 0 radical (unpaired) electrons. The van der Waals surface area contributed by atoms with Crippen LogP contribution < -0.4 is 4.90 Å². The first kappa shape index (κ1) is 40.9. The topological polar surface area (TPSA) is 3.24 Å². The van der Waals surface area contributed by atoms with E-state index in [-0.39, 0.29) is 10.8 Å². The number of thiophene rings is 1. The quantitative estimate of drug-likeness (QED) is 0.154. The van der Waals surface area contributed by atoms with Crippen LogP contribution in [0.2, 0.25) is 0 Å². The Balaban J connectivity index is 1.09. The van der Waals surface area contributed by atoms with Crippen LogP contribution in [0.5, 0.6) is 0 Å². The standard InChI is InChI=1S/C65H51NS/c1-64(2,3)48-34-30-42(31-35-48)47-33-38-59(55(40-47)43-16-7-6-8-17-43)66(49-36-37-58-56(41-49)52-20-11-13-24-57(52)65(58,4)5)60-39-32-44-18-9-10-19-50(44)62(60)46-28-26-45(27-29-46)51-22-15-23-54-53-21-12-14-25-61(53)67-63(51)54/h6-41H,1-5H3. The Kier molecular flexibility index (Phi) is 9.68. The summed E-state index contributed by atoms with van der Waals surface area (Å²) in [7, 11) is 0. The van der Waals surface area contributed by atoms with Crippen LogP contribution in [-0.4, -0.2) is 0 Å². The predicted octanol–water partition coefficient (Wildman–Crippen LogP) is 18.9. The lowest BCUT2D eigenvalue weighted by atomic mass is 9.82. The maximum Gasteiger partial charge on any atom is 0.0546 e. The predicted molar refractivity (Wildman–Crippen MR) is 290 cm³/mol. The molecule has 0 atom stereocenters. The van der Waals surface area contributed by atoms with E-state index in [2.05, 4.69) is 258 Å². The fraction of sp³-hybridized carbons (Fsp3) is 0.108. The van der Waals surface area contributed by atoms with Gasteiger partial charge in [0.05, 0.1) is 11.4 Å². The van der Waals surface area contributed by atoms with Gasteiger partial charge in [-0.15, -0.1) is 11.3 Å². The van der Waals surface area contributed by atoms with E-state index in [9.17, 15) is 0 Å². The van der Waals surface area contributed by atoms with E-state index in [1.807, 2.05) is 11.3 Å². The van der Waals surface area contributed by atoms with Crippen LogP contribution >= 0.6 is 11.3 Å². The fourth-order valence-electron chi connectivity index (χ4n) is 10.7. The van der Waals surface area contributed by atoms with Crippen LogP contribution in [0, 0.1) is 0 Å². The van der Waals surface area contributed by atoms with Crippen LogP contribution in [0.1, 0.15) is 51.3 Å². The van der Waals surface area contributed by atoms with E-state index in [1.165, 1.54) is 103 Å². The monoisotopic (exact) mass is 877 g/mol. The van der Waals surface area contributed by atoms with Crippen LogP contribution in [-0.2, 0) is 10.8 Å². The molecule has 0 saturated carbocycles. The molecule has 12 rings (SSSR count). The molecule has 2 heteroatoms. The largest absolute Gasteiger partial charge is 0.309 e. The van der Waals surface area contributed by atoms with Gasteiger partial charge in [0.1, 0.15) is 0 Å². The van der Waals surface area contributed by atoms with Crippen LogP contribution in [0.3, 0.4) is 0 Å². The normalized spacial score (nSPS) is 13.0. The molecule has 0 fully saturated rings. The molecule has 1 heterocycles. The minimum atomic E-state index is -0.106. The van der Waals surface area contributed by atoms with Crippen molar-refractivity contribution in [2.75, 3.05) is 4.90 Å². The summed E-state index contributed by atoms with van der Waals surface area (Å²) < 4.78 is 2.65. The lowest BCUT2D eigenvalue weighted by Gasteiger charge is -2.32. The zero-order valence-corrected chi connectivity index (χ0v) is 39.5. The lowest BCUT2D eigenvalue weighted by molar-refractivity contribution is 0.590. The van der Waals surface area contributed by atoms with Gasteiger partial charge in [0.25, 0.3) is 0 Å². The van der Waals surface area contributed by atoms with Gasteiger partial charge in [-0.1, -0.05) is 217 Å². The molecule has 1 nitrogen and oxygen atoms in total. The van der Waals surface area contributed by atoms with Gasteiger partial charge in [-0.05, 0) is 114 Å². The maximum atomic E-state index is 2.54. The highest BCUT2D eigenvalue weighted by molar-refractivity contribution is 7.26. The molecular formula is C65H51NS. The van der Waals surface area contributed by atoms with Crippen molar-refractivity contribution in [2.45, 2.75) is 45.4 Å². The molecule has 0 spiro atoms. The molecule has 0 unspecified atom stereocenters. The summed E-state index contributed by atoms with van der Waals surface area (Å²) in [4.78, 5) is 2.54. The molecule has 1 aromatic heterocycles. The highest BCUT2D eigenvalue weighted by atomic mass is 32.1. The highest BCUT2D eigenvalue weighted by Crippen LogP contribution is 2.53. The summed E-state index contributed by atoms with van der Waals surface area (Å²) in [6.07, 6.45) is 0. The van der Waals surface area contributed by atoms with E-state index < -0.39 is 0 Å². The number of benzene rings is 10. The van der Waals surface area contributed by atoms with Crippen molar-refractivity contribution in [2.24, 2.45) is 0 Å². The van der Waals surface area contributed by atoms with Gasteiger partial charge in [-0.3, -0.25) is 0 Å². The Morgan fingerprint density at radius 1 is 0.403 bits per heavy atom. The molecule has 0 aliphatic heterocycles. The molecule has 67 heavy (non-hydrogen) atoms. The van der Waals surface area contributed by atoms with E-state index in [4.69, 9.17) is 0 Å². The number of hydrogen-bond acceptors (Lipinski definition) is 2. The Hall–Kier alpha value is -7.52. The average Bonchev–Trinajstić information content (AvgIpc) is 3.86. The van der Waals surface area contributed by atoms with Crippen molar-refractivity contribution in [1.29, 1.82) is 0 Å². The number of nitrogens with zero attached hydrogens (tertiary/aromatic N) is 1. The second-order valence-electron chi connectivity index (χ2n) is 19.7. The molecule has 11 aromatic rings. The van der Waals surface area contributed by atoms with E-state index in [0.29, 0.717) is 0 Å². The third-order valence-corrected chi connectivity index (χ3v) is 15.5. The minimum Gasteiger partial charge on any atom is -0.309 e. The molecule has 0 N–H and O–H groups in total. The first-order valence-corrected chi connectivity index (χ1v) is 24.3. The van der Waals surface area contributed by atoms with Crippen molar-refractivity contribution < 1.29 is 0 Å². The van der Waals surface area contributed by atoms with Crippen molar-refractivity contribution >= 4 is 59.3 Å². The summed E-state index contributed by atoms with van der Waals surface area (Å²) in [5.74, 6) is 0. The smallest absolute Gasteiger partial charge is 0.0546 e. The van der Waals surface area contributed by atoms with E-state index in [0.717, 1.165) is 17.1 Å². The van der Waals surface area contributed by atoms with Gasteiger partial charge in [-0.25, -0.2) is 0 Å². The van der Waals surface area contributed by atoms with Crippen molar-refractivity contribution in [3.63, 3.8) is 0 Å². The van der Waals surface area contributed by atoms with E-state index >= 15 is 0 Å². The van der Waals surface area contributed by atoms with Crippen LogP contribution in [0.25, 0.3) is 86.6 Å². The summed E-state index contributed by atoms with van der Waals surface area (Å²) >= 11 is 1.88. The minimum absolute atomic E-state index is 0.0782. The lowest BCUT2D eigenvalue weighted by Crippen LogP contribution is -2.16. The Labute approximate surface area is 398 Å². The van der Waals surface area contributed by atoms with Crippen molar-refractivity contribution in [1.82, 2.24) is 0 Å². The summed E-state index contributed by atoms with van der Waals surface area (Å²) in [6, 6.07) is 81.7. The third-order valence-electron chi connectivity index (χ3n) is 14.3. The van der Waals surface area contributed by atoms with Gasteiger partial charge in [0, 0.05) is 42.4 Å². The van der Waals surface area contributed by atoms with Gasteiger partial charge in [0.15, 0.2) is 0 Å². The molecule has 0 bridgehead atoms. The van der Waals surface area contributed by atoms with Crippen molar-refractivity contribution in [3.8, 4) is 55.6 Å². The zero-order valence-electron chi connectivity index (χ0n) is 38.6. The van der Waals surface area contributed by atoms with Crippen LogP contribution in [0.15, 0.2) is 218 Å². The Morgan fingerprint density at radius 3 is 1.82 bits per heavy atom. The average molecular weight is 878 g/mol. The van der Waals surface area contributed by atoms with Crippen molar-refractivity contribution in [3.05, 3.63) is 235 Å². The van der Waals surface area contributed by atoms with Crippen LogP contribution in [0.4, 0.5) is 17.1 Å². The molecule has 1 aliphatic carbocycles. The number of fused-ring (bicyclic) bond motifs is 7. The zero-order chi connectivity index (χ0) is 45.4. The summed E-state index contributed by atoms with van der Waals surface area (Å²) in [6.45, 7) is 11.6. The van der Waals surface area contributed by atoms with Gasteiger partial charge in [-0.2, -0.15) is 0 Å². The van der Waals surface area contributed by atoms with E-state index in [1.54, 1.807) is 0 Å². The Morgan fingerprint density at radius 2 is 1.01 bits per heavy atom. The first-order valence-electron chi connectivity index (χ1n) is 23.5. The van der Waals surface area contributed by atoms with Gasteiger partial charge >= 0.3 is 0 Å². The van der Waals surface area contributed by atoms with Gasteiger partial charge < -0.3 is 4.90 Å². The molecule has 322 valence electrons. The Bertz CT molecular complexity index is 3680. The van der Waals surface area contributed by atoms with Gasteiger partial charge in [0.2, 0.25) is 0 Å². The summed E-state index contributed by atoms with van der Waals surface area (Å²) in [5.41, 5.74) is 19.6. The second-order valence-corrected chi connectivity index (χ2v) is 20.8. The molecule has 10 aromatic carbocycles. The number of hydrogen-bond donors (Lipinski definition) is 0. The molecule has 0 saturated heterocycles. The SMILES string of the molecule is CC(C)(C)c1ccc(-c2ccc(N(c3ccc4c(c3)-c3ccccc3C4(C)C)c3ccc4ccccc4c3-c3ccc(-c4cccc5c4sc4ccccc45)cc3)c(-c3ccccc3)c2)cc1. The maximum absolute atomic E-state index is 2.54. The highest BCUT2D eigenvalue weighted by Gasteiger charge is 2.36. The number of rotatable bonds is 7. The second kappa shape index (κ2) is 15.8. The number of anilines is 3. The summed E-state index contributed by atoms with van der Waals surface area (Å²) in [5, 5.41) is 5.06. The third kappa shape index (κ3) is 6.90. The first-order chi connectivity index (χ1) is 32.6.